The summed E-state index contributed by atoms with van der Waals surface area (Å²) in [5, 5.41) is 20.4. The maximum absolute atomic E-state index is 10.2. The molecule has 10 nitrogen and oxygen atoms in total. The third-order valence-electron chi connectivity index (χ3n) is 9.80. The Hall–Kier alpha value is -6.94. The lowest BCUT2D eigenvalue weighted by atomic mass is 9.99. The van der Waals surface area contributed by atoms with Crippen LogP contribution in [0.2, 0.25) is 0 Å². The molecule has 0 unspecified atom stereocenters. The van der Waals surface area contributed by atoms with E-state index in [-0.39, 0.29) is 11.5 Å². The van der Waals surface area contributed by atoms with Gasteiger partial charge in [0.15, 0.2) is 0 Å². The highest BCUT2D eigenvalue weighted by atomic mass is 16.3. The molecule has 254 valence electrons. The Balaban J connectivity index is 1.38. The molecule has 5 aliphatic heterocycles. The topological polar surface area (TPSA) is 109 Å². The maximum atomic E-state index is 10.2. The number of nitrogens with one attached hydrogen (secondary N) is 1. The predicted octanol–water partition coefficient (Wildman–Crippen LogP) is 6.23. The van der Waals surface area contributed by atoms with E-state index in [4.69, 9.17) is 15.0 Å². The number of fused-ring (bicyclic) bond motifs is 5. The Morgan fingerprint density at radius 3 is 1.56 bits per heavy atom. The lowest BCUT2D eigenvalue weighted by molar-refractivity contribution is -0.673. The van der Waals surface area contributed by atoms with Crippen LogP contribution in [0, 0.1) is 0 Å². The van der Waals surface area contributed by atoms with Gasteiger partial charge in [-0.15, -0.1) is 0 Å². The Morgan fingerprint density at radius 1 is 0.558 bits per heavy atom. The number of allylic oxidation sites excluding steroid dienone is 9. The Morgan fingerprint density at radius 2 is 1.02 bits per heavy atom. The summed E-state index contributed by atoms with van der Waals surface area (Å²) in [7, 11) is 8.10. The number of H-pyrrole nitrogens is 1. The van der Waals surface area contributed by atoms with Crippen molar-refractivity contribution in [3.8, 4) is 11.5 Å². The van der Waals surface area contributed by atoms with Gasteiger partial charge >= 0.3 is 0 Å². The minimum atomic E-state index is 0.188. The van der Waals surface area contributed by atoms with E-state index >= 15 is 0 Å². The van der Waals surface area contributed by atoms with E-state index in [1.165, 1.54) is 0 Å². The van der Waals surface area contributed by atoms with Gasteiger partial charge in [0.25, 0.3) is 5.82 Å². The van der Waals surface area contributed by atoms with Gasteiger partial charge in [-0.2, -0.15) is 0 Å². The minimum Gasteiger partial charge on any atom is -0.508 e. The van der Waals surface area contributed by atoms with Gasteiger partial charge in [-0.05, 0) is 84.0 Å². The standard InChI is InChI=1S/C42H34N8O2/c1-47-21-22-48(2)41(47)39-33-17-13-29(43-33)37(25-5-9-27(51)10-6-25)31-15-19-35(45-31)40(42-49(3)23-24-50(42)4)36-20-16-32(46-36)38(30-14-18-34(39)44-30)26-7-11-28(52)12-8-26/h5-24H,1-4H3,(H2-,43,44,45,46,51,52)/p+1. The predicted molar refractivity (Wildman–Crippen MR) is 205 cm³/mol. The number of phenols is 2. The minimum absolute atomic E-state index is 0.188. The number of aliphatic imine (C=N–C) groups is 3. The molecule has 0 atom stereocenters. The highest BCUT2D eigenvalue weighted by molar-refractivity contribution is 6.37. The molecule has 0 saturated heterocycles. The van der Waals surface area contributed by atoms with Gasteiger partial charge in [-0.25, -0.2) is 24.1 Å². The summed E-state index contributed by atoms with van der Waals surface area (Å²) in [5.74, 6) is 2.29. The number of aromatic hydroxyl groups is 2. The molecule has 0 spiro atoms. The van der Waals surface area contributed by atoms with Crippen LogP contribution in [-0.4, -0.2) is 60.8 Å². The number of hydrogen-bond acceptors (Lipinski definition) is 7. The van der Waals surface area contributed by atoms with Gasteiger partial charge in [-0.3, -0.25) is 0 Å². The van der Waals surface area contributed by atoms with Gasteiger partial charge in [0.2, 0.25) is 0 Å². The number of benzene rings is 2. The lowest BCUT2D eigenvalue weighted by Crippen LogP contribution is -2.32. The summed E-state index contributed by atoms with van der Waals surface area (Å²) in [5.41, 5.74) is 11.7. The maximum Gasteiger partial charge on any atom is 0.292 e. The molecule has 52 heavy (non-hydrogen) atoms. The Kier molecular flexibility index (Phi) is 7.08. The number of aryl methyl sites for hydroxylation is 2. The molecule has 0 radical (unpaired) electrons. The normalized spacial score (nSPS) is 17.8. The fourth-order valence-corrected chi connectivity index (χ4v) is 7.35. The van der Waals surface area contributed by atoms with Crippen molar-refractivity contribution < 1.29 is 14.8 Å². The number of phenolic OH excluding ortho intramolecular Hbond substituents is 2. The summed E-state index contributed by atoms with van der Waals surface area (Å²) in [6.07, 6.45) is 20.4. The van der Waals surface area contributed by atoms with E-state index in [2.05, 4.69) is 42.1 Å². The number of aromatic nitrogens is 3. The van der Waals surface area contributed by atoms with Crippen LogP contribution in [0.3, 0.4) is 0 Å². The van der Waals surface area contributed by atoms with Crippen molar-refractivity contribution in [2.75, 3.05) is 14.1 Å². The van der Waals surface area contributed by atoms with E-state index < -0.39 is 0 Å². The van der Waals surface area contributed by atoms with Crippen LogP contribution in [0.25, 0.3) is 22.3 Å². The highest BCUT2D eigenvalue weighted by Crippen LogP contribution is 2.39. The molecule has 0 saturated carbocycles. The summed E-state index contributed by atoms with van der Waals surface area (Å²) in [6, 6.07) is 18.6. The first-order valence-corrected chi connectivity index (χ1v) is 17.0. The van der Waals surface area contributed by atoms with E-state index in [1.54, 1.807) is 24.3 Å². The molecule has 10 heteroatoms. The van der Waals surface area contributed by atoms with E-state index in [0.29, 0.717) is 0 Å². The summed E-state index contributed by atoms with van der Waals surface area (Å²) >= 11 is 0. The largest absolute Gasteiger partial charge is 0.508 e. The van der Waals surface area contributed by atoms with Crippen LogP contribution < -0.4 is 4.57 Å². The zero-order valence-corrected chi connectivity index (χ0v) is 29.1. The second-order valence-electron chi connectivity index (χ2n) is 13.2. The molecule has 4 aromatic rings. The van der Waals surface area contributed by atoms with Crippen molar-refractivity contribution in [1.82, 2.24) is 19.4 Å². The van der Waals surface area contributed by atoms with E-state index in [9.17, 15) is 10.2 Å². The average molecular weight is 684 g/mol. The first-order valence-electron chi connectivity index (χ1n) is 17.0. The number of nitrogens with zero attached hydrogens (tertiary/aromatic N) is 7. The molecular formula is C42H35N8O2+. The van der Waals surface area contributed by atoms with Gasteiger partial charge in [-0.1, -0.05) is 24.3 Å². The molecule has 3 N–H and O–H groups in total. The van der Waals surface area contributed by atoms with E-state index in [0.717, 1.165) is 90.7 Å². The first-order chi connectivity index (χ1) is 25.2. The summed E-state index contributed by atoms with van der Waals surface area (Å²) < 4.78 is 4.16. The van der Waals surface area contributed by atoms with Crippen LogP contribution >= 0.6 is 0 Å². The number of imidazole rings is 1. The number of aromatic amines is 1. The van der Waals surface area contributed by atoms with Gasteiger partial charge in [0.05, 0.1) is 59.6 Å². The lowest BCUT2D eigenvalue weighted by Gasteiger charge is -2.22. The zero-order valence-electron chi connectivity index (χ0n) is 29.1. The van der Waals surface area contributed by atoms with Crippen LogP contribution in [-0.2, 0) is 14.1 Å². The third kappa shape index (κ3) is 5.03. The molecule has 0 aliphatic carbocycles. The van der Waals surface area contributed by atoms with Gasteiger partial charge in [0.1, 0.15) is 35.3 Å². The van der Waals surface area contributed by atoms with Crippen molar-refractivity contribution in [3.05, 3.63) is 173 Å². The van der Waals surface area contributed by atoms with Gasteiger partial charge in [0, 0.05) is 43.3 Å². The zero-order chi connectivity index (χ0) is 35.7. The molecule has 2 aromatic carbocycles. The second kappa shape index (κ2) is 11.8. The summed E-state index contributed by atoms with van der Waals surface area (Å²) in [4.78, 5) is 23.9. The average Bonchev–Trinajstić information content (AvgIpc) is 4.00. The molecule has 9 rings (SSSR count). The Bertz CT molecular complexity index is 2520. The van der Waals surface area contributed by atoms with Crippen LogP contribution in [0.5, 0.6) is 11.5 Å². The Labute approximate surface area is 300 Å². The molecule has 8 bridgehead atoms. The van der Waals surface area contributed by atoms with Crippen molar-refractivity contribution in [1.29, 1.82) is 0 Å². The molecule has 0 fully saturated rings. The first kappa shape index (κ1) is 31.1. The quantitative estimate of drug-likeness (QED) is 0.223. The number of rotatable bonds is 3. The van der Waals surface area contributed by atoms with E-state index in [1.807, 2.05) is 108 Å². The fraction of sp³-hybridized carbons (Fsp3) is 0.0952. The molecule has 7 heterocycles. The molecular weight excluding hydrogens is 649 g/mol. The monoisotopic (exact) mass is 683 g/mol. The highest BCUT2D eigenvalue weighted by Gasteiger charge is 2.31. The third-order valence-corrected chi connectivity index (χ3v) is 9.80. The fourth-order valence-electron chi connectivity index (χ4n) is 7.35. The van der Waals surface area contributed by atoms with Crippen molar-refractivity contribution in [2.24, 2.45) is 29.1 Å². The SMILES string of the molecule is CN1C=CN(C)C1=C1C2=NC(=C(c3ccc(O)cc3)C3=NC(=C(c4n(C)cc[n+]4C)C4=NC(=C(c5ccc(O)cc5)c5ccc1[nH]5)C=C4)C=C3)C=C2. The smallest absolute Gasteiger partial charge is 0.292 e. The van der Waals surface area contributed by atoms with Crippen LogP contribution in [0.1, 0.15) is 28.3 Å². The van der Waals surface area contributed by atoms with Crippen molar-refractivity contribution in [3.63, 3.8) is 0 Å². The van der Waals surface area contributed by atoms with Crippen LogP contribution in [0.4, 0.5) is 0 Å². The second-order valence-corrected chi connectivity index (χ2v) is 13.2. The van der Waals surface area contributed by atoms with Crippen molar-refractivity contribution in [2.45, 2.75) is 0 Å². The number of hydrogen-bond donors (Lipinski definition) is 3. The molecule has 0 amide bonds. The van der Waals surface area contributed by atoms with Gasteiger partial charge < -0.3 is 25.0 Å². The van der Waals surface area contributed by atoms with Crippen molar-refractivity contribution >= 4 is 39.4 Å². The molecule has 2 aromatic heterocycles. The summed E-state index contributed by atoms with van der Waals surface area (Å²) in [6.45, 7) is 0. The molecule has 5 aliphatic rings. The van der Waals surface area contributed by atoms with Crippen LogP contribution in [0.15, 0.2) is 160 Å².